The molecule has 1 aliphatic carbocycles. The second kappa shape index (κ2) is 7.08. The summed E-state index contributed by atoms with van der Waals surface area (Å²) in [6.07, 6.45) is 7.75. The molecule has 1 atom stereocenters. The lowest BCUT2D eigenvalue weighted by atomic mass is 10.1. The van der Waals surface area contributed by atoms with E-state index in [4.69, 9.17) is 9.15 Å². The Morgan fingerprint density at radius 1 is 1.24 bits per heavy atom. The third-order valence-corrected chi connectivity index (χ3v) is 5.46. The summed E-state index contributed by atoms with van der Waals surface area (Å²) in [5.74, 6) is 1.85. The van der Waals surface area contributed by atoms with Crippen LogP contribution in [0.2, 0.25) is 0 Å². The maximum Gasteiger partial charge on any atom is 0.271 e. The Hall–Kier alpha value is -2.01. The number of hydrogen-bond donors (Lipinski definition) is 0. The van der Waals surface area contributed by atoms with Gasteiger partial charge in [-0.15, -0.1) is 0 Å². The van der Waals surface area contributed by atoms with Crippen LogP contribution in [0.3, 0.4) is 0 Å². The molecule has 1 saturated carbocycles. The van der Waals surface area contributed by atoms with Gasteiger partial charge in [0, 0.05) is 25.2 Å². The highest BCUT2D eigenvalue weighted by atomic mass is 16.5. The van der Waals surface area contributed by atoms with Crippen molar-refractivity contribution in [3.8, 4) is 0 Å². The quantitative estimate of drug-likeness (QED) is 0.844. The molecule has 2 aromatic heterocycles. The minimum atomic E-state index is -0.145. The number of aryl methyl sites for hydroxylation is 1. The molecule has 134 valence electrons. The van der Waals surface area contributed by atoms with E-state index in [1.54, 1.807) is 0 Å². The maximum atomic E-state index is 13.3. The molecule has 1 saturated heterocycles. The van der Waals surface area contributed by atoms with Crippen molar-refractivity contribution in [1.82, 2.24) is 9.47 Å². The van der Waals surface area contributed by atoms with Crippen molar-refractivity contribution in [1.29, 1.82) is 0 Å². The average Bonchev–Trinajstić information content (AvgIpc) is 3.41. The van der Waals surface area contributed by atoms with Gasteiger partial charge in [0.2, 0.25) is 0 Å². The van der Waals surface area contributed by atoms with Gasteiger partial charge in [-0.2, -0.15) is 0 Å². The van der Waals surface area contributed by atoms with Gasteiger partial charge in [0.05, 0.1) is 13.2 Å². The number of rotatable bonds is 4. The Balaban J connectivity index is 1.60. The van der Waals surface area contributed by atoms with Crippen LogP contribution in [0.5, 0.6) is 0 Å². The van der Waals surface area contributed by atoms with Gasteiger partial charge in [0.1, 0.15) is 23.3 Å². The van der Waals surface area contributed by atoms with Crippen LogP contribution in [-0.4, -0.2) is 35.1 Å². The number of carbonyl (C=O) groups is 1. The fourth-order valence-electron chi connectivity index (χ4n) is 4.07. The lowest BCUT2D eigenvalue weighted by molar-refractivity contribution is -0.00962. The van der Waals surface area contributed by atoms with Crippen molar-refractivity contribution < 1.29 is 13.9 Å². The minimum absolute atomic E-state index is 0.0830. The van der Waals surface area contributed by atoms with Gasteiger partial charge in [-0.25, -0.2) is 0 Å². The van der Waals surface area contributed by atoms with Crippen molar-refractivity contribution in [3.63, 3.8) is 0 Å². The van der Waals surface area contributed by atoms with Crippen LogP contribution in [0, 0.1) is 0 Å². The molecule has 0 spiro atoms. The third-order valence-electron chi connectivity index (χ3n) is 5.46. The summed E-state index contributed by atoms with van der Waals surface area (Å²) >= 11 is 0. The molecule has 0 aromatic carbocycles. The highest BCUT2D eigenvalue weighted by molar-refractivity contribution is 5.93. The third kappa shape index (κ3) is 3.13. The Labute approximate surface area is 148 Å². The van der Waals surface area contributed by atoms with E-state index in [1.165, 1.54) is 25.7 Å². The maximum absolute atomic E-state index is 13.3. The van der Waals surface area contributed by atoms with E-state index in [0.29, 0.717) is 25.8 Å². The van der Waals surface area contributed by atoms with Gasteiger partial charge in [0.15, 0.2) is 0 Å². The van der Waals surface area contributed by atoms with Crippen LogP contribution in [0.25, 0.3) is 0 Å². The van der Waals surface area contributed by atoms with E-state index in [0.717, 1.165) is 23.6 Å². The molecule has 0 bridgehead atoms. The molecule has 5 nitrogen and oxygen atoms in total. The first-order valence-corrected chi connectivity index (χ1v) is 9.42. The van der Waals surface area contributed by atoms with Crippen molar-refractivity contribution >= 4 is 5.91 Å². The van der Waals surface area contributed by atoms with Crippen LogP contribution < -0.4 is 0 Å². The summed E-state index contributed by atoms with van der Waals surface area (Å²) in [7, 11) is 0. The molecule has 3 heterocycles. The number of aromatic nitrogens is 1. The molecule has 25 heavy (non-hydrogen) atoms. The van der Waals surface area contributed by atoms with Gasteiger partial charge in [-0.1, -0.05) is 19.8 Å². The van der Waals surface area contributed by atoms with Gasteiger partial charge < -0.3 is 18.6 Å². The number of morpholine rings is 1. The Kier molecular flexibility index (Phi) is 4.66. The fourth-order valence-corrected chi connectivity index (χ4v) is 4.07. The summed E-state index contributed by atoms with van der Waals surface area (Å²) in [4.78, 5) is 15.2. The molecular weight excluding hydrogens is 316 g/mol. The fraction of sp³-hybridized carbons (Fsp3) is 0.550. The zero-order valence-corrected chi connectivity index (χ0v) is 14.8. The normalized spacial score (nSPS) is 21.8. The first kappa shape index (κ1) is 16.5. The van der Waals surface area contributed by atoms with Crippen molar-refractivity contribution in [2.24, 2.45) is 0 Å². The molecule has 1 aliphatic heterocycles. The minimum Gasteiger partial charge on any atom is -0.464 e. The zero-order valence-electron chi connectivity index (χ0n) is 14.8. The van der Waals surface area contributed by atoms with E-state index in [-0.39, 0.29) is 11.9 Å². The van der Waals surface area contributed by atoms with Gasteiger partial charge in [0.25, 0.3) is 5.91 Å². The van der Waals surface area contributed by atoms with E-state index < -0.39 is 0 Å². The molecule has 5 heteroatoms. The zero-order chi connectivity index (χ0) is 17.2. The molecule has 2 fully saturated rings. The standard InChI is InChI=1S/C20H26N2O3/c1-2-16-9-10-19(25-16)18-14-24-13-12-22(18)20(23)17-8-5-11-21(17)15-6-3-4-7-15/h5,8-11,15,18H,2-4,6-7,12-14H2,1H3. The topological polar surface area (TPSA) is 47.6 Å². The van der Waals surface area contributed by atoms with E-state index >= 15 is 0 Å². The predicted molar refractivity (Wildman–Crippen MR) is 94.6 cm³/mol. The monoisotopic (exact) mass is 342 g/mol. The highest BCUT2D eigenvalue weighted by Crippen LogP contribution is 2.33. The summed E-state index contributed by atoms with van der Waals surface area (Å²) in [6, 6.07) is 8.23. The Morgan fingerprint density at radius 3 is 2.84 bits per heavy atom. The molecule has 2 aromatic rings. The number of amides is 1. The molecule has 1 amide bonds. The highest BCUT2D eigenvalue weighted by Gasteiger charge is 2.33. The summed E-state index contributed by atoms with van der Waals surface area (Å²) in [5, 5.41) is 0. The molecular formula is C20H26N2O3. The second-order valence-electron chi connectivity index (χ2n) is 6.99. The Morgan fingerprint density at radius 2 is 2.08 bits per heavy atom. The lowest BCUT2D eigenvalue weighted by Gasteiger charge is -2.35. The average molecular weight is 342 g/mol. The van der Waals surface area contributed by atoms with E-state index in [9.17, 15) is 4.79 Å². The van der Waals surface area contributed by atoms with Crippen LogP contribution in [0.15, 0.2) is 34.9 Å². The van der Waals surface area contributed by atoms with Crippen molar-refractivity contribution in [2.75, 3.05) is 19.8 Å². The van der Waals surface area contributed by atoms with Crippen LogP contribution >= 0.6 is 0 Å². The number of furan rings is 1. The second-order valence-corrected chi connectivity index (χ2v) is 6.99. The summed E-state index contributed by atoms with van der Waals surface area (Å²) in [5.41, 5.74) is 0.793. The van der Waals surface area contributed by atoms with Gasteiger partial charge in [-0.3, -0.25) is 4.79 Å². The Bertz CT molecular complexity index is 727. The molecule has 4 rings (SSSR count). The molecule has 2 aliphatic rings. The largest absolute Gasteiger partial charge is 0.464 e. The van der Waals surface area contributed by atoms with E-state index in [2.05, 4.69) is 17.7 Å². The number of nitrogens with zero attached hydrogens (tertiary/aromatic N) is 2. The predicted octanol–water partition coefficient (Wildman–Crippen LogP) is 3.97. The smallest absolute Gasteiger partial charge is 0.271 e. The number of ether oxygens (including phenoxy) is 1. The van der Waals surface area contributed by atoms with Crippen molar-refractivity contribution in [3.05, 3.63) is 47.7 Å². The summed E-state index contributed by atoms with van der Waals surface area (Å²) < 4.78 is 13.7. The SMILES string of the molecule is CCc1ccc(C2COCCN2C(=O)c2cccn2C2CCCC2)o1. The van der Waals surface area contributed by atoms with Crippen molar-refractivity contribution in [2.45, 2.75) is 51.1 Å². The summed E-state index contributed by atoms with van der Waals surface area (Å²) in [6.45, 7) is 3.74. The number of carbonyl (C=O) groups excluding carboxylic acids is 1. The van der Waals surface area contributed by atoms with Crippen LogP contribution in [0.4, 0.5) is 0 Å². The van der Waals surface area contributed by atoms with Crippen LogP contribution in [-0.2, 0) is 11.2 Å². The molecule has 1 unspecified atom stereocenters. The van der Waals surface area contributed by atoms with Gasteiger partial charge >= 0.3 is 0 Å². The molecule has 0 radical (unpaired) electrons. The van der Waals surface area contributed by atoms with E-state index in [1.807, 2.05) is 29.2 Å². The first-order valence-electron chi connectivity index (χ1n) is 9.42. The lowest BCUT2D eigenvalue weighted by Crippen LogP contribution is -2.44. The molecule has 0 N–H and O–H groups in total. The van der Waals surface area contributed by atoms with Crippen LogP contribution in [0.1, 0.15) is 66.7 Å². The first-order chi connectivity index (χ1) is 12.3. The number of hydrogen-bond acceptors (Lipinski definition) is 3. The van der Waals surface area contributed by atoms with Gasteiger partial charge in [-0.05, 0) is 37.1 Å².